The molecule has 0 saturated heterocycles. The van der Waals surface area contributed by atoms with E-state index in [2.05, 4.69) is 255 Å². The van der Waals surface area contributed by atoms with Gasteiger partial charge in [0.2, 0.25) is 0 Å². The summed E-state index contributed by atoms with van der Waals surface area (Å²) >= 11 is 0. The van der Waals surface area contributed by atoms with Gasteiger partial charge in [-0.25, -0.2) is 4.98 Å². The normalized spacial score (nSPS) is 12.8. The number of nitrogens with zero attached hydrogens (tertiary/aromatic N) is 5. The molecule has 0 aliphatic carbocycles. The molecule has 8 aromatic carbocycles. The Morgan fingerprint density at radius 3 is 1.72 bits per heavy atom. The Morgan fingerprint density at radius 1 is 0.464 bits per heavy atom. The van der Waals surface area contributed by atoms with Gasteiger partial charge in [0.05, 0.1) is 11.0 Å². The second-order valence-electron chi connectivity index (χ2n) is 19.9. The van der Waals surface area contributed by atoms with Gasteiger partial charge in [-0.3, -0.25) is 0 Å². The van der Waals surface area contributed by atoms with Crippen LogP contribution in [0.2, 0.25) is 0 Å². The molecule has 1 aliphatic heterocycles. The van der Waals surface area contributed by atoms with E-state index in [1.807, 2.05) is 12.3 Å². The summed E-state index contributed by atoms with van der Waals surface area (Å²) in [5.74, 6) is 1.99. The van der Waals surface area contributed by atoms with Crippen molar-refractivity contribution in [3.63, 3.8) is 0 Å². The smallest absolute Gasteiger partial charge is 0.135 e. The maximum absolute atomic E-state index is 7.02. The molecule has 4 heterocycles. The molecule has 11 aromatic rings. The molecular weight excluding hydrogens is 1030 g/mol. The number of aromatic nitrogens is 3. The Bertz CT molecular complexity index is 3690. The molecule has 0 radical (unpaired) electrons. The van der Waals surface area contributed by atoms with Crippen LogP contribution in [0.4, 0.5) is 22.7 Å². The molecule has 3 aromatic heterocycles. The van der Waals surface area contributed by atoms with Gasteiger partial charge in [-0.15, -0.1) is 42.4 Å². The standard InChI is InChI=1S/C62H50N5O.Pt/c1-61(2,3)43-30-31-63-60(35-43)67-56-25-15-12-22-52(56)53-29-28-48(39-59(53)67)68-49-37-46(36-47(38-49)66-54-23-13-10-20-50(54)51-21-11-14-24-55(51)66)65-40-64(57-26-16-17-27-58(57)65)45-33-42(41-18-8-7-9-19-41)32-44(34-45)62(4,5)6;/h7-36,38,40H,1-6H3;/q-3;. The third kappa shape index (κ3) is 7.77. The van der Waals surface area contributed by atoms with E-state index in [-0.39, 0.29) is 31.9 Å². The number of para-hydroxylation sites is 5. The molecule has 1 aliphatic rings. The van der Waals surface area contributed by atoms with Crippen LogP contribution in [0, 0.1) is 18.8 Å². The number of anilines is 4. The molecule has 12 rings (SSSR count). The van der Waals surface area contributed by atoms with E-state index in [4.69, 9.17) is 9.72 Å². The number of hydrogen-bond acceptors (Lipinski definition) is 4. The third-order valence-corrected chi connectivity index (χ3v) is 13.3. The van der Waals surface area contributed by atoms with E-state index >= 15 is 0 Å². The third-order valence-electron chi connectivity index (χ3n) is 13.3. The topological polar surface area (TPSA) is 38.5 Å². The second kappa shape index (κ2) is 17.0. The first kappa shape index (κ1) is 44.1. The zero-order valence-corrected chi connectivity index (χ0v) is 41.7. The van der Waals surface area contributed by atoms with Gasteiger partial charge < -0.3 is 23.7 Å². The Labute approximate surface area is 418 Å². The van der Waals surface area contributed by atoms with Crippen molar-refractivity contribution in [1.82, 2.24) is 14.1 Å². The van der Waals surface area contributed by atoms with Crippen molar-refractivity contribution < 1.29 is 25.8 Å². The molecule has 342 valence electrons. The van der Waals surface area contributed by atoms with Gasteiger partial charge in [-0.2, -0.15) is 6.07 Å². The van der Waals surface area contributed by atoms with Gasteiger partial charge in [0, 0.05) is 72.1 Å². The van der Waals surface area contributed by atoms with E-state index in [0.29, 0.717) is 11.5 Å². The number of rotatable bonds is 7. The van der Waals surface area contributed by atoms with E-state index in [9.17, 15) is 0 Å². The van der Waals surface area contributed by atoms with Crippen LogP contribution in [0.1, 0.15) is 52.7 Å². The van der Waals surface area contributed by atoms with Gasteiger partial charge in [0.15, 0.2) is 0 Å². The largest absolute Gasteiger partial charge is 0.509 e. The molecule has 69 heavy (non-hydrogen) atoms. The quantitative estimate of drug-likeness (QED) is 0.149. The summed E-state index contributed by atoms with van der Waals surface area (Å²) in [6.45, 7) is 15.7. The summed E-state index contributed by atoms with van der Waals surface area (Å²) in [6.07, 6.45) is 1.91. The summed E-state index contributed by atoms with van der Waals surface area (Å²) in [5, 5.41) is 4.59. The fourth-order valence-corrected chi connectivity index (χ4v) is 9.82. The minimum absolute atomic E-state index is 0. The zero-order chi connectivity index (χ0) is 46.3. The van der Waals surface area contributed by atoms with Crippen LogP contribution in [-0.4, -0.2) is 14.1 Å². The van der Waals surface area contributed by atoms with E-state index in [1.165, 1.54) is 33.0 Å². The summed E-state index contributed by atoms with van der Waals surface area (Å²) in [6, 6.07) is 72.2. The molecule has 0 bridgehead atoms. The van der Waals surface area contributed by atoms with Gasteiger partial charge >= 0.3 is 0 Å². The second-order valence-corrected chi connectivity index (χ2v) is 19.9. The van der Waals surface area contributed by atoms with Gasteiger partial charge in [-0.1, -0.05) is 162 Å². The number of fused-ring (bicyclic) bond motifs is 7. The first-order valence-electron chi connectivity index (χ1n) is 23.4. The minimum Gasteiger partial charge on any atom is -0.509 e. The Morgan fingerprint density at radius 2 is 1.06 bits per heavy atom. The van der Waals surface area contributed by atoms with E-state index < -0.39 is 0 Å². The monoisotopic (exact) mass is 1080 g/mol. The predicted octanol–water partition coefficient (Wildman–Crippen LogP) is 16.3. The van der Waals surface area contributed by atoms with E-state index in [0.717, 1.165) is 67.1 Å². The fourth-order valence-electron chi connectivity index (χ4n) is 9.82. The van der Waals surface area contributed by atoms with Crippen LogP contribution in [0.5, 0.6) is 11.5 Å². The van der Waals surface area contributed by atoms with Crippen molar-refractivity contribution >= 4 is 66.4 Å². The molecule has 0 N–H and O–H groups in total. The number of benzene rings is 8. The van der Waals surface area contributed by atoms with Crippen molar-refractivity contribution in [2.75, 3.05) is 9.80 Å². The Hall–Kier alpha value is -7.40. The molecule has 6 nitrogen and oxygen atoms in total. The van der Waals surface area contributed by atoms with Crippen molar-refractivity contribution in [3.05, 3.63) is 218 Å². The van der Waals surface area contributed by atoms with Crippen molar-refractivity contribution in [2.45, 2.75) is 52.4 Å². The molecular formula is C62H50N5OPt-3. The molecule has 0 amide bonds. The van der Waals surface area contributed by atoms with Gasteiger partial charge in [0.25, 0.3) is 0 Å². The van der Waals surface area contributed by atoms with Crippen LogP contribution >= 0.6 is 0 Å². The molecule has 0 fully saturated rings. The Kier molecular flexibility index (Phi) is 10.9. The number of hydrogen-bond donors (Lipinski definition) is 0. The van der Waals surface area contributed by atoms with Gasteiger partial charge in [0.1, 0.15) is 5.82 Å². The van der Waals surface area contributed by atoms with Crippen molar-refractivity contribution in [2.24, 2.45) is 0 Å². The summed E-state index contributed by atoms with van der Waals surface area (Å²) in [5.41, 5.74) is 13.9. The Balaban J connectivity index is 0.00000520. The molecule has 0 atom stereocenters. The SMILES string of the molecule is CC(C)(C)c1cc(-c2ccccc2)cc(N2[CH-]N(c3[c-]c(Oc4[c-]c5c(cc4)c4ccccc4n5-c4cc(C(C)(C)C)ccn4)cc(-n4c5ccccc5c5ccccc54)c3)c3ccccc32)c1.[Pt]. The molecule has 0 unspecified atom stereocenters. The molecule has 7 heteroatoms. The summed E-state index contributed by atoms with van der Waals surface area (Å²) < 4.78 is 11.6. The predicted molar refractivity (Wildman–Crippen MR) is 281 cm³/mol. The zero-order valence-electron chi connectivity index (χ0n) is 39.4. The van der Waals surface area contributed by atoms with Crippen molar-refractivity contribution in [3.8, 4) is 34.1 Å². The van der Waals surface area contributed by atoms with E-state index in [1.54, 1.807) is 0 Å². The van der Waals surface area contributed by atoms with Crippen LogP contribution < -0.4 is 14.5 Å². The van der Waals surface area contributed by atoms with Crippen LogP contribution in [0.15, 0.2) is 188 Å². The van der Waals surface area contributed by atoms with Crippen LogP contribution in [0.3, 0.4) is 0 Å². The number of ether oxygens (including phenoxy) is 1. The average molecular weight is 1080 g/mol. The first-order valence-corrected chi connectivity index (χ1v) is 23.4. The van der Waals surface area contributed by atoms with Crippen LogP contribution in [0.25, 0.3) is 66.2 Å². The van der Waals surface area contributed by atoms with Gasteiger partial charge in [-0.05, 0) is 93.1 Å². The maximum Gasteiger partial charge on any atom is 0.135 e. The summed E-state index contributed by atoms with van der Waals surface area (Å²) in [7, 11) is 0. The molecule has 0 spiro atoms. The summed E-state index contributed by atoms with van der Waals surface area (Å²) in [4.78, 5) is 9.47. The maximum atomic E-state index is 7.02. The molecule has 0 saturated carbocycles. The van der Waals surface area contributed by atoms with Crippen molar-refractivity contribution in [1.29, 1.82) is 0 Å². The number of pyridine rings is 1. The fraction of sp³-hybridized carbons (Fsp3) is 0.129. The first-order chi connectivity index (χ1) is 33.0. The van der Waals surface area contributed by atoms with Crippen LogP contribution in [-0.2, 0) is 31.9 Å². The minimum atomic E-state index is -0.0729. The average Bonchev–Trinajstić information content (AvgIpc) is 4.02.